The lowest BCUT2D eigenvalue weighted by Gasteiger charge is -2.18. The molecule has 0 radical (unpaired) electrons. The van der Waals surface area contributed by atoms with Crippen LogP contribution in [0.2, 0.25) is 0 Å². The molecule has 0 aromatic heterocycles. The topological polar surface area (TPSA) is 41.6 Å². The lowest BCUT2D eigenvalue weighted by atomic mass is 10.3. The van der Waals surface area contributed by atoms with Crippen molar-refractivity contribution in [1.29, 1.82) is 0 Å². The van der Waals surface area contributed by atoms with Crippen LogP contribution >= 0.6 is 0 Å². The molecule has 0 aliphatic rings. The summed E-state index contributed by atoms with van der Waals surface area (Å²) >= 11 is 0. The van der Waals surface area contributed by atoms with E-state index in [0.717, 1.165) is 18.8 Å². The molecule has 0 fully saturated rings. The van der Waals surface area contributed by atoms with Crippen molar-refractivity contribution in [1.82, 2.24) is 4.90 Å². The van der Waals surface area contributed by atoms with Gasteiger partial charge in [-0.05, 0) is 38.1 Å². The monoisotopic (exact) mass is 236 g/mol. The molecule has 4 nitrogen and oxygen atoms in total. The number of nitrogens with one attached hydrogen (secondary N) is 1. The number of hydrogen-bond acceptors (Lipinski definition) is 3. The first kappa shape index (κ1) is 13.4. The van der Waals surface area contributed by atoms with Crippen LogP contribution in [-0.4, -0.2) is 37.6 Å². The Morgan fingerprint density at radius 3 is 2.29 bits per heavy atom. The molecular weight excluding hydrogens is 216 g/mol. The first-order valence-electron chi connectivity index (χ1n) is 5.89. The first-order valence-corrected chi connectivity index (χ1v) is 5.89. The second kappa shape index (κ2) is 6.78. The Bertz CT molecular complexity index is 345. The molecule has 17 heavy (non-hydrogen) atoms. The predicted octanol–water partition coefficient (Wildman–Crippen LogP) is 1.98. The maximum Gasteiger partial charge on any atom is 0.260 e. The average Bonchev–Trinajstić information content (AvgIpc) is 2.38. The van der Waals surface area contributed by atoms with Gasteiger partial charge < -0.3 is 15.0 Å². The molecule has 1 rings (SSSR count). The minimum atomic E-state index is 0.0210. The summed E-state index contributed by atoms with van der Waals surface area (Å²) < 4.78 is 5.43. The summed E-state index contributed by atoms with van der Waals surface area (Å²) in [5.74, 6) is 0.734. The minimum Gasteiger partial charge on any atom is -0.484 e. The van der Waals surface area contributed by atoms with Crippen LogP contribution in [0.5, 0.6) is 5.75 Å². The van der Waals surface area contributed by atoms with E-state index in [-0.39, 0.29) is 12.5 Å². The number of carbonyl (C=O) groups excluding carboxylic acids is 1. The smallest absolute Gasteiger partial charge is 0.260 e. The molecule has 0 aliphatic heterocycles. The molecule has 1 aromatic rings. The van der Waals surface area contributed by atoms with Gasteiger partial charge in [0.1, 0.15) is 5.75 Å². The van der Waals surface area contributed by atoms with Gasteiger partial charge in [-0.1, -0.05) is 0 Å². The molecule has 94 valence electrons. The van der Waals surface area contributed by atoms with Gasteiger partial charge in [0, 0.05) is 25.8 Å². The van der Waals surface area contributed by atoms with Gasteiger partial charge in [-0.3, -0.25) is 4.79 Å². The standard InChI is InChI=1S/C13H20N2O2/c1-4-15(5-2)13(16)10-17-12-8-6-11(14-3)7-9-12/h6-9,14H,4-5,10H2,1-3H3. The lowest BCUT2D eigenvalue weighted by molar-refractivity contribution is -0.132. The summed E-state index contributed by atoms with van der Waals surface area (Å²) in [6.07, 6.45) is 0. The number of ether oxygens (including phenoxy) is 1. The third-order valence-electron chi connectivity index (χ3n) is 2.62. The van der Waals surface area contributed by atoms with Crippen molar-refractivity contribution in [3.8, 4) is 5.75 Å². The number of anilines is 1. The van der Waals surface area contributed by atoms with Gasteiger partial charge in [-0.2, -0.15) is 0 Å². The van der Waals surface area contributed by atoms with Crippen LogP contribution in [0.4, 0.5) is 5.69 Å². The Balaban J connectivity index is 2.46. The molecule has 0 heterocycles. The van der Waals surface area contributed by atoms with Gasteiger partial charge in [0.05, 0.1) is 0 Å². The number of nitrogens with zero attached hydrogens (tertiary/aromatic N) is 1. The number of rotatable bonds is 6. The molecule has 0 atom stereocenters. The fourth-order valence-corrected chi connectivity index (χ4v) is 1.53. The largest absolute Gasteiger partial charge is 0.484 e. The maximum absolute atomic E-state index is 11.7. The van der Waals surface area contributed by atoms with Crippen molar-refractivity contribution in [2.45, 2.75) is 13.8 Å². The number of carbonyl (C=O) groups is 1. The Kier molecular flexibility index (Phi) is 5.33. The van der Waals surface area contributed by atoms with E-state index < -0.39 is 0 Å². The molecule has 4 heteroatoms. The summed E-state index contributed by atoms with van der Waals surface area (Å²) in [5, 5.41) is 3.02. The zero-order valence-electron chi connectivity index (χ0n) is 10.7. The molecule has 1 N–H and O–H groups in total. The first-order chi connectivity index (χ1) is 8.21. The SMILES string of the molecule is CCN(CC)C(=O)COc1ccc(NC)cc1. The Morgan fingerprint density at radius 1 is 1.24 bits per heavy atom. The second-order valence-corrected chi connectivity index (χ2v) is 3.63. The number of hydrogen-bond donors (Lipinski definition) is 1. The molecule has 1 aromatic carbocycles. The highest BCUT2D eigenvalue weighted by Gasteiger charge is 2.09. The van der Waals surface area contributed by atoms with Crippen LogP contribution in [0, 0.1) is 0 Å². The van der Waals surface area contributed by atoms with E-state index in [1.807, 2.05) is 45.2 Å². The molecule has 0 saturated heterocycles. The number of likely N-dealkylation sites (N-methyl/N-ethyl adjacent to an activating group) is 1. The van der Waals surface area contributed by atoms with Crippen molar-refractivity contribution in [2.24, 2.45) is 0 Å². The Labute approximate surface area is 103 Å². The van der Waals surface area contributed by atoms with Crippen molar-refractivity contribution in [3.63, 3.8) is 0 Å². The van der Waals surface area contributed by atoms with Gasteiger partial charge in [0.15, 0.2) is 6.61 Å². The van der Waals surface area contributed by atoms with Crippen LogP contribution in [-0.2, 0) is 4.79 Å². The molecule has 0 bridgehead atoms. The van der Waals surface area contributed by atoms with Crippen LogP contribution in [0.3, 0.4) is 0 Å². The zero-order chi connectivity index (χ0) is 12.7. The third-order valence-corrected chi connectivity index (χ3v) is 2.62. The van der Waals surface area contributed by atoms with E-state index >= 15 is 0 Å². The summed E-state index contributed by atoms with van der Waals surface area (Å²) in [6.45, 7) is 5.46. The summed E-state index contributed by atoms with van der Waals surface area (Å²) in [7, 11) is 1.86. The molecule has 0 saturated carbocycles. The van der Waals surface area contributed by atoms with E-state index in [1.54, 1.807) is 4.90 Å². The molecular formula is C13H20N2O2. The maximum atomic E-state index is 11.7. The average molecular weight is 236 g/mol. The van der Waals surface area contributed by atoms with Gasteiger partial charge in [-0.25, -0.2) is 0 Å². The third kappa shape index (κ3) is 3.98. The Hall–Kier alpha value is -1.71. The second-order valence-electron chi connectivity index (χ2n) is 3.63. The van der Waals surface area contributed by atoms with Gasteiger partial charge in [-0.15, -0.1) is 0 Å². The number of benzene rings is 1. The van der Waals surface area contributed by atoms with E-state index in [1.165, 1.54) is 0 Å². The van der Waals surface area contributed by atoms with E-state index in [4.69, 9.17) is 4.74 Å². The van der Waals surface area contributed by atoms with Crippen LogP contribution < -0.4 is 10.1 Å². The van der Waals surface area contributed by atoms with Gasteiger partial charge in [0.25, 0.3) is 5.91 Å². The fourth-order valence-electron chi connectivity index (χ4n) is 1.53. The molecule has 1 amide bonds. The van der Waals surface area contributed by atoms with E-state index in [0.29, 0.717) is 5.75 Å². The minimum absolute atomic E-state index is 0.0210. The van der Waals surface area contributed by atoms with Crippen molar-refractivity contribution in [2.75, 3.05) is 32.1 Å². The van der Waals surface area contributed by atoms with E-state index in [9.17, 15) is 4.79 Å². The van der Waals surface area contributed by atoms with Gasteiger partial charge >= 0.3 is 0 Å². The summed E-state index contributed by atoms with van der Waals surface area (Å²) in [6, 6.07) is 7.52. The number of amides is 1. The van der Waals surface area contributed by atoms with Crippen LogP contribution in [0.15, 0.2) is 24.3 Å². The highest BCUT2D eigenvalue weighted by molar-refractivity contribution is 5.77. The molecule has 0 aliphatic carbocycles. The Morgan fingerprint density at radius 2 is 1.82 bits per heavy atom. The van der Waals surface area contributed by atoms with Crippen molar-refractivity contribution >= 4 is 11.6 Å². The van der Waals surface area contributed by atoms with Gasteiger partial charge in [0.2, 0.25) is 0 Å². The van der Waals surface area contributed by atoms with Crippen molar-refractivity contribution in [3.05, 3.63) is 24.3 Å². The summed E-state index contributed by atoms with van der Waals surface area (Å²) in [4.78, 5) is 13.4. The normalized spacial score (nSPS) is 9.82. The summed E-state index contributed by atoms with van der Waals surface area (Å²) in [5.41, 5.74) is 1.02. The van der Waals surface area contributed by atoms with Crippen LogP contribution in [0.1, 0.15) is 13.8 Å². The van der Waals surface area contributed by atoms with Crippen molar-refractivity contribution < 1.29 is 9.53 Å². The molecule has 0 spiro atoms. The highest BCUT2D eigenvalue weighted by atomic mass is 16.5. The van der Waals surface area contributed by atoms with Crippen LogP contribution in [0.25, 0.3) is 0 Å². The lowest BCUT2D eigenvalue weighted by Crippen LogP contribution is -2.34. The zero-order valence-corrected chi connectivity index (χ0v) is 10.7. The molecule has 0 unspecified atom stereocenters. The quantitative estimate of drug-likeness (QED) is 0.821. The fraction of sp³-hybridized carbons (Fsp3) is 0.462. The highest BCUT2D eigenvalue weighted by Crippen LogP contribution is 2.14. The van der Waals surface area contributed by atoms with E-state index in [2.05, 4.69) is 5.32 Å². The predicted molar refractivity (Wildman–Crippen MR) is 69.4 cm³/mol.